The molecule has 2 aromatic carbocycles. The average molecular weight is 416 g/mol. The molecule has 1 heterocycles. The third-order valence-corrected chi connectivity index (χ3v) is 5.84. The number of fused-ring (bicyclic) bond motifs is 1. The Balaban J connectivity index is 1.34. The number of thioether (sulfide) groups is 2. The van der Waals surface area contributed by atoms with Gasteiger partial charge in [0.1, 0.15) is 5.52 Å². The molecule has 28 heavy (non-hydrogen) atoms. The maximum absolute atomic E-state index is 11.9. The molecule has 0 fully saturated rings. The molecule has 0 spiro atoms. The van der Waals surface area contributed by atoms with Crippen LogP contribution in [0.5, 0.6) is 0 Å². The lowest BCUT2D eigenvalue weighted by Crippen LogP contribution is -2.42. The molecular weight excluding hydrogens is 394 g/mol. The monoisotopic (exact) mass is 415 g/mol. The quantitative estimate of drug-likeness (QED) is 0.450. The van der Waals surface area contributed by atoms with Crippen LogP contribution in [0.3, 0.4) is 0 Å². The van der Waals surface area contributed by atoms with Crippen molar-refractivity contribution in [3.8, 4) is 0 Å². The van der Waals surface area contributed by atoms with Gasteiger partial charge in [0.2, 0.25) is 11.8 Å². The standard InChI is InChI=1S/C20H21N3O3S2/c1-13-7-8-15(11-14(13)2)27-10-9-18(24)22-23-19(25)12-28-20-21-16-5-3-4-6-17(16)26-20/h3-8,11H,9-10,12H2,1-2H3,(H,22,24)(H,23,25). The van der Waals surface area contributed by atoms with Gasteiger partial charge in [-0.25, -0.2) is 4.98 Å². The molecule has 0 aliphatic heterocycles. The van der Waals surface area contributed by atoms with Crippen molar-refractivity contribution in [3.05, 3.63) is 53.6 Å². The van der Waals surface area contributed by atoms with Crippen LogP contribution in [0.25, 0.3) is 11.1 Å². The lowest BCUT2D eigenvalue weighted by Gasteiger charge is -2.07. The molecule has 0 bridgehead atoms. The zero-order valence-corrected chi connectivity index (χ0v) is 17.3. The van der Waals surface area contributed by atoms with Crippen molar-refractivity contribution in [1.82, 2.24) is 15.8 Å². The lowest BCUT2D eigenvalue weighted by molar-refractivity contribution is -0.127. The van der Waals surface area contributed by atoms with Gasteiger partial charge in [0, 0.05) is 17.1 Å². The zero-order chi connectivity index (χ0) is 19.9. The fourth-order valence-corrected chi connectivity index (χ4v) is 3.93. The first-order valence-electron chi connectivity index (χ1n) is 8.77. The number of nitrogens with zero attached hydrogens (tertiary/aromatic N) is 1. The summed E-state index contributed by atoms with van der Waals surface area (Å²) in [7, 11) is 0. The number of carbonyl (C=O) groups excluding carboxylic acids is 2. The number of aryl methyl sites for hydroxylation is 2. The summed E-state index contributed by atoms with van der Waals surface area (Å²) in [5.41, 5.74) is 8.76. The van der Waals surface area contributed by atoms with Crippen molar-refractivity contribution < 1.29 is 14.0 Å². The van der Waals surface area contributed by atoms with E-state index in [0.717, 1.165) is 10.4 Å². The van der Waals surface area contributed by atoms with Crippen LogP contribution in [-0.2, 0) is 9.59 Å². The number of benzene rings is 2. The molecule has 146 valence electrons. The molecule has 3 aromatic rings. The van der Waals surface area contributed by atoms with Crippen molar-refractivity contribution in [2.24, 2.45) is 0 Å². The minimum absolute atomic E-state index is 0.102. The first-order valence-corrected chi connectivity index (χ1v) is 10.7. The molecule has 0 saturated heterocycles. The van der Waals surface area contributed by atoms with E-state index in [9.17, 15) is 9.59 Å². The average Bonchev–Trinajstić information content (AvgIpc) is 3.10. The fraction of sp³-hybridized carbons (Fsp3) is 0.250. The summed E-state index contributed by atoms with van der Waals surface area (Å²) < 4.78 is 5.54. The summed E-state index contributed by atoms with van der Waals surface area (Å²) in [6.07, 6.45) is 0.316. The Morgan fingerprint density at radius 3 is 2.57 bits per heavy atom. The number of hydrazine groups is 1. The van der Waals surface area contributed by atoms with Gasteiger partial charge in [-0.2, -0.15) is 0 Å². The SMILES string of the molecule is Cc1ccc(SCCC(=O)NNC(=O)CSc2nc3ccccc3o2)cc1C. The smallest absolute Gasteiger partial charge is 0.257 e. The molecule has 2 N–H and O–H groups in total. The van der Waals surface area contributed by atoms with Gasteiger partial charge < -0.3 is 4.42 Å². The molecule has 0 saturated carbocycles. The van der Waals surface area contributed by atoms with Crippen LogP contribution in [0.2, 0.25) is 0 Å². The number of oxazole rings is 1. The molecule has 0 aliphatic rings. The first-order chi connectivity index (χ1) is 13.5. The van der Waals surface area contributed by atoms with Crippen molar-refractivity contribution in [2.45, 2.75) is 30.4 Å². The van der Waals surface area contributed by atoms with Gasteiger partial charge in [0.05, 0.1) is 5.75 Å². The molecule has 6 nitrogen and oxygen atoms in total. The van der Waals surface area contributed by atoms with Gasteiger partial charge in [-0.1, -0.05) is 30.0 Å². The van der Waals surface area contributed by atoms with Crippen LogP contribution in [-0.4, -0.2) is 28.3 Å². The molecule has 0 aliphatic carbocycles. The summed E-state index contributed by atoms with van der Waals surface area (Å²) in [4.78, 5) is 29.2. The maximum Gasteiger partial charge on any atom is 0.257 e. The highest BCUT2D eigenvalue weighted by molar-refractivity contribution is 7.99. The second-order valence-corrected chi connectivity index (χ2v) is 8.27. The number of amides is 2. The minimum Gasteiger partial charge on any atom is -0.431 e. The van der Waals surface area contributed by atoms with E-state index in [1.165, 1.54) is 22.9 Å². The topological polar surface area (TPSA) is 84.2 Å². The van der Waals surface area contributed by atoms with Crippen LogP contribution in [0, 0.1) is 13.8 Å². The van der Waals surface area contributed by atoms with E-state index in [4.69, 9.17) is 4.42 Å². The summed E-state index contributed by atoms with van der Waals surface area (Å²) >= 11 is 2.80. The third-order valence-electron chi connectivity index (χ3n) is 4.02. The zero-order valence-electron chi connectivity index (χ0n) is 15.7. The second kappa shape index (κ2) is 9.66. The number of carbonyl (C=O) groups is 2. The van der Waals surface area contributed by atoms with Crippen molar-refractivity contribution >= 4 is 46.4 Å². The summed E-state index contributed by atoms with van der Waals surface area (Å²) in [6, 6.07) is 13.6. The highest BCUT2D eigenvalue weighted by atomic mass is 32.2. The van der Waals surface area contributed by atoms with E-state index in [1.54, 1.807) is 11.8 Å². The van der Waals surface area contributed by atoms with E-state index < -0.39 is 0 Å². The van der Waals surface area contributed by atoms with Crippen LogP contribution < -0.4 is 10.9 Å². The highest BCUT2D eigenvalue weighted by Gasteiger charge is 2.10. The largest absolute Gasteiger partial charge is 0.431 e. The van der Waals surface area contributed by atoms with Gasteiger partial charge in [-0.3, -0.25) is 20.4 Å². The van der Waals surface area contributed by atoms with Crippen molar-refractivity contribution in [3.63, 3.8) is 0 Å². The number of rotatable bonds is 7. The van der Waals surface area contributed by atoms with E-state index in [-0.39, 0.29) is 17.6 Å². The van der Waals surface area contributed by atoms with Gasteiger partial charge in [0.15, 0.2) is 5.58 Å². The molecule has 0 radical (unpaired) electrons. The lowest BCUT2D eigenvalue weighted by atomic mass is 10.1. The molecule has 0 atom stereocenters. The second-order valence-electron chi connectivity index (χ2n) is 6.18. The van der Waals surface area contributed by atoms with Crippen LogP contribution in [0.1, 0.15) is 17.5 Å². The Hall–Kier alpha value is -2.45. The number of para-hydroxylation sites is 2. The maximum atomic E-state index is 11.9. The molecule has 2 amide bonds. The van der Waals surface area contributed by atoms with Crippen LogP contribution in [0.15, 0.2) is 57.0 Å². The Bertz CT molecular complexity index is 955. The van der Waals surface area contributed by atoms with Gasteiger partial charge in [0.25, 0.3) is 5.22 Å². The van der Waals surface area contributed by atoms with Crippen LogP contribution >= 0.6 is 23.5 Å². The van der Waals surface area contributed by atoms with Gasteiger partial charge >= 0.3 is 0 Å². The molecule has 8 heteroatoms. The molecule has 3 rings (SSSR count). The number of hydrogen-bond acceptors (Lipinski definition) is 6. The van der Waals surface area contributed by atoms with E-state index in [2.05, 4.69) is 47.9 Å². The highest BCUT2D eigenvalue weighted by Crippen LogP contribution is 2.23. The van der Waals surface area contributed by atoms with E-state index >= 15 is 0 Å². The molecule has 1 aromatic heterocycles. The number of nitrogens with one attached hydrogen (secondary N) is 2. The Labute approximate surface area is 171 Å². The first kappa shape index (κ1) is 20.3. The summed E-state index contributed by atoms with van der Waals surface area (Å²) in [5.74, 6) is 0.200. The predicted octanol–water partition coefficient (Wildman–Crippen LogP) is 3.87. The number of hydrogen-bond donors (Lipinski definition) is 2. The van der Waals surface area contributed by atoms with E-state index in [1.807, 2.05) is 24.3 Å². The van der Waals surface area contributed by atoms with Crippen molar-refractivity contribution in [1.29, 1.82) is 0 Å². The molecular formula is C20H21N3O3S2. The van der Waals surface area contributed by atoms with Crippen molar-refractivity contribution in [2.75, 3.05) is 11.5 Å². The van der Waals surface area contributed by atoms with E-state index in [0.29, 0.717) is 23.0 Å². The summed E-state index contributed by atoms with van der Waals surface area (Å²) in [6.45, 7) is 4.14. The van der Waals surface area contributed by atoms with Gasteiger partial charge in [-0.05, 0) is 49.2 Å². The number of aromatic nitrogens is 1. The molecule has 0 unspecified atom stereocenters. The minimum atomic E-state index is -0.317. The van der Waals surface area contributed by atoms with Gasteiger partial charge in [-0.15, -0.1) is 11.8 Å². The predicted molar refractivity (Wildman–Crippen MR) is 112 cm³/mol. The Morgan fingerprint density at radius 1 is 1.00 bits per heavy atom. The third kappa shape index (κ3) is 5.77. The Morgan fingerprint density at radius 2 is 1.79 bits per heavy atom. The van der Waals surface area contributed by atoms with Crippen LogP contribution in [0.4, 0.5) is 0 Å². The Kier molecular flexibility index (Phi) is 7.00. The fourth-order valence-electron chi connectivity index (χ4n) is 2.34. The normalized spacial score (nSPS) is 10.8. The summed E-state index contributed by atoms with van der Waals surface area (Å²) in [5, 5.41) is 0.424.